The van der Waals surface area contributed by atoms with E-state index < -0.39 is 10.2 Å². The van der Waals surface area contributed by atoms with Crippen LogP contribution in [-0.2, 0) is 14.9 Å². The summed E-state index contributed by atoms with van der Waals surface area (Å²) in [4.78, 5) is 2.25. The second-order valence-corrected chi connectivity index (χ2v) is 7.73. The first kappa shape index (κ1) is 18.8. The van der Waals surface area contributed by atoms with E-state index in [0.717, 1.165) is 19.6 Å². The van der Waals surface area contributed by atoms with E-state index in [4.69, 9.17) is 4.74 Å². The van der Waals surface area contributed by atoms with Crippen molar-refractivity contribution in [3.8, 4) is 0 Å². The molecule has 0 atom stereocenters. The summed E-state index contributed by atoms with van der Waals surface area (Å²) >= 11 is 0. The van der Waals surface area contributed by atoms with E-state index in [1.54, 1.807) is 8.61 Å². The predicted octanol–water partition coefficient (Wildman–Crippen LogP) is 0.863. The summed E-state index contributed by atoms with van der Waals surface area (Å²) in [5, 5.41) is 0. The Labute approximate surface area is 130 Å². The maximum absolute atomic E-state index is 12.8. The molecule has 0 aliphatic carbocycles. The zero-order chi connectivity index (χ0) is 15.9. The molecule has 0 aromatic carbocycles. The molecule has 126 valence electrons. The minimum Gasteiger partial charge on any atom is -0.379 e. The lowest BCUT2D eigenvalue weighted by Gasteiger charge is -2.33. The minimum absolute atomic E-state index is 0.317. The van der Waals surface area contributed by atoms with E-state index in [0.29, 0.717) is 45.3 Å². The van der Waals surface area contributed by atoms with Crippen molar-refractivity contribution in [2.75, 3.05) is 59.0 Å². The number of hydrogen-bond donors (Lipinski definition) is 0. The van der Waals surface area contributed by atoms with Crippen LogP contribution >= 0.6 is 0 Å². The Morgan fingerprint density at radius 3 is 2.14 bits per heavy atom. The third-order valence-electron chi connectivity index (χ3n) is 3.75. The maximum atomic E-state index is 12.8. The van der Waals surface area contributed by atoms with Gasteiger partial charge in [0, 0.05) is 32.7 Å². The Kier molecular flexibility index (Phi) is 8.12. The largest absolute Gasteiger partial charge is 0.379 e. The van der Waals surface area contributed by atoms with E-state index in [1.807, 2.05) is 0 Å². The lowest BCUT2D eigenvalue weighted by molar-refractivity contribution is 0.0696. The molecule has 21 heavy (non-hydrogen) atoms. The van der Waals surface area contributed by atoms with Gasteiger partial charge in [-0.15, -0.1) is 0 Å². The van der Waals surface area contributed by atoms with Gasteiger partial charge >= 0.3 is 0 Å². The summed E-state index contributed by atoms with van der Waals surface area (Å²) in [5.41, 5.74) is 0. The van der Waals surface area contributed by atoms with Gasteiger partial charge < -0.3 is 9.64 Å². The molecule has 1 heterocycles. The number of nitrogens with zero attached hydrogens (tertiary/aromatic N) is 3. The van der Waals surface area contributed by atoms with E-state index >= 15 is 0 Å². The van der Waals surface area contributed by atoms with Gasteiger partial charge in [-0.1, -0.05) is 27.7 Å². The topological polar surface area (TPSA) is 53.1 Å². The molecule has 0 spiro atoms. The standard InChI is InChI=1S/C14H31N3O3S/c1-5-15(6-2)7-8-17(13-14(3)4)21(18,19)16-9-11-20-12-10-16/h14H,5-13H2,1-4H3. The van der Waals surface area contributed by atoms with Crippen LogP contribution in [0.15, 0.2) is 0 Å². The van der Waals surface area contributed by atoms with Crippen LogP contribution in [0.5, 0.6) is 0 Å². The van der Waals surface area contributed by atoms with Gasteiger partial charge in [-0.05, 0) is 19.0 Å². The summed E-state index contributed by atoms with van der Waals surface area (Å²) in [6.45, 7) is 14.0. The zero-order valence-electron chi connectivity index (χ0n) is 13.9. The number of ether oxygens (including phenoxy) is 1. The van der Waals surface area contributed by atoms with E-state index in [-0.39, 0.29) is 0 Å². The van der Waals surface area contributed by atoms with Crippen molar-refractivity contribution in [2.24, 2.45) is 5.92 Å². The summed E-state index contributed by atoms with van der Waals surface area (Å²) in [5.74, 6) is 0.317. The highest BCUT2D eigenvalue weighted by Gasteiger charge is 2.31. The Morgan fingerprint density at radius 2 is 1.67 bits per heavy atom. The van der Waals surface area contributed by atoms with Crippen molar-refractivity contribution in [3.63, 3.8) is 0 Å². The summed E-state index contributed by atoms with van der Waals surface area (Å²) in [7, 11) is -3.37. The van der Waals surface area contributed by atoms with Crippen LogP contribution in [0.25, 0.3) is 0 Å². The molecular formula is C14H31N3O3S. The van der Waals surface area contributed by atoms with Crippen LogP contribution < -0.4 is 0 Å². The molecule has 7 heteroatoms. The Morgan fingerprint density at radius 1 is 1.10 bits per heavy atom. The molecule has 0 amide bonds. The van der Waals surface area contributed by atoms with Crippen LogP contribution in [0.3, 0.4) is 0 Å². The first-order chi connectivity index (χ1) is 9.91. The number of likely N-dealkylation sites (N-methyl/N-ethyl adjacent to an activating group) is 1. The normalized spacial score (nSPS) is 18.0. The lowest BCUT2D eigenvalue weighted by Crippen LogP contribution is -2.51. The Balaban J connectivity index is 2.74. The van der Waals surface area contributed by atoms with Gasteiger partial charge in [0.25, 0.3) is 10.2 Å². The molecule has 1 fully saturated rings. The molecule has 0 radical (unpaired) electrons. The van der Waals surface area contributed by atoms with Gasteiger partial charge in [-0.2, -0.15) is 17.0 Å². The van der Waals surface area contributed by atoms with Gasteiger partial charge in [-0.3, -0.25) is 0 Å². The second-order valence-electron chi connectivity index (χ2n) is 5.80. The van der Waals surface area contributed by atoms with Crippen molar-refractivity contribution < 1.29 is 13.2 Å². The van der Waals surface area contributed by atoms with Gasteiger partial charge in [-0.25, -0.2) is 0 Å². The quantitative estimate of drug-likeness (QED) is 0.632. The van der Waals surface area contributed by atoms with Crippen LogP contribution in [0.2, 0.25) is 0 Å². The first-order valence-corrected chi connectivity index (χ1v) is 9.36. The molecule has 6 nitrogen and oxygen atoms in total. The third-order valence-corrected chi connectivity index (χ3v) is 5.75. The second kappa shape index (κ2) is 9.05. The number of morpholine rings is 1. The summed E-state index contributed by atoms with van der Waals surface area (Å²) < 4.78 is 34.0. The maximum Gasteiger partial charge on any atom is 0.282 e. The van der Waals surface area contributed by atoms with Crippen LogP contribution in [0.1, 0.15) is 27.7 Å². The molecule has 1 saturated heterocycles. The number of hydrogen-bond acceptors (Lipinski definition) is 4. The summed E-state index contributed by atoms with van der Waals surface area (Å²) in [6, 6.07) is 0. The fourth-order valence-corrected chi connectivity index (χ4v) is 4.18. The Bertz CT molecular complexity index is 377. The zero-order valence-corrected chi connectivity index (χ0v) is 14.7. The molecule has 0 unspecified atom stereocenters. The molecule has 0 saturated carbocycles. The smallest absolute Gasteiger partial charge is 0.282 e. The number of rotatable bonds is 9. The van der Waals surface area contributed by atoms with E-state index in [2.05, 4.69) is 32.6 Å². The predicted molar refractivity (Wildman–Crippen MR) is 85.5 cm³/mol. The highest BCUT2D eigenvalue weighted by Crippen LogP contribution is 2.13. The van der Waals surface area contributed by atoms with Crippen LogP contribution in [0, 0.1) is 5.92 Å². The van der Waals surface area contributed by atoms with Crippen molar-refractivity contribution in [2.45, 2.75) is 27.7 Å². The van der Waals surface area contributed by atoms with Crippen LogP contribution in [0.4, 0.5) is 0 Å². The van der Waals surface area contributed by atoms with Gasteiger partial charge in [0.2, 0.25) is 0 Å². The average Bonchev–Trinajstić information content (AvgIpc) is 2.47. The van der Waals surface area contributed by atoms with Gasteiger partial charge in [0.1, 0.15) is 0 Å². The van der Waals surface area contributed by atoms with Crippen molar-refractivity contribution in [3.05, 3.63) is 0 Å². The van der Waals surface area contributed by atoms with E-state index in [1.165, 1.54) is 0 Å². The molecule has 0 aromatic rings. The SMILES string of the molecule is CCN(CC)CCN(CC(C)C)S(=O)(=O)N1CCOCC1. The van der Waals surface area contributed by atoms with Gasteiger partial charge in [0.05, 0.1) is 13.2 Å². The molecule has 0 N–H and O–H groups in total. The van der Waals surface area contributed by atoms with Crippen molar-refractivity contribution in [1.82, 2.24) is 13.5 Å². The Hall–Kier alpha value is -0.210. The molecule has 0 bridgehead atoms. The van der Waals surface area contributed by atoms with Crippen molar-refractivity contribution in [1.29, 1.82) is 0 Å². The average molecular weight is 321 g/mol. The van der Waals surface area contributed by atoms with E-state index in [9.17, 15) is 8.42 Å². The monoisotopic (exact) mass is 321 g/mol. The van der Waals surface area contributed by atoms with Crippen LogP contribution in [-0.4, -0.2) is 81.0 Å². The van der Waals surface area contributed by atoms with Crippen molar-refractivity contribution >= 4 is 10.2 Å². The molecular weight excluding hydrogens is 290 g/mol. The highest BCUT2D eigenvalue weighted by atomic mass is 32.2. The lowest BCUT2D eigenvalue weighted by atomic mass is 10.2. The third kappa shape index (κ3) is 5.83. The van der Waals surface area contributed by atoms with Gasteiger partial charge in [0.15, 0.2) is 0 Å². The fraction of sp³-hybridized carbons (Fsp3) is 1.00. The molecule has 1 rings (SSSR count). The highest BCUT2D eigenvalue weighted by molar-refractivity contribution is 7.86. The fourth-order valence-electron chi connectivity index (χ4n) is 2.44. The molecule has 1 aliphatic rings. The molecule has 1 aliphatic heterocycles. The molecule has 0 aromatic heterocycles. The first-order valence-electron chi connectivity index (χ1n) is 7.97. The minimum atomic E-state index is -3.37. The summed E-state index contributed by atoms with van der Waals surface area (Å²) in [6.07, 6.45) is 0.